The third-order valence-electron chi connectivity index (χ3n) is 2.31. The molecule has 1 N–H and O–H groups in total. The van der Waals surface area contributed by atoms with Crippen molar-refractivity contribution < 1.29 is 14.6 Å². The molecule has 2 rings (SSSR count). The van der Waals surface area contributed by atoms with E-state index in [2.05, 4.69) is 0 Å². The van der Waals surface area contributed by atoms with Crippen LogP contribution >= 0.6 is 11.6 Å². The molecule has 0 heterocycles. The maximum Gasteiger partial charge on any atom is 0.328 e. The van der Waals surface area contributed by atoms with Gasteiger partial charge in [-0.05, 0) is 42.0 Å². The lowest BCUT2D eigenvalue weighted by Gasteiger charge is -2.06. The molecule has 0 fully saturated rings. The van der Waals surface area contributed by atoms with E-state index in [1.165, 1.54) is 6.08 Å². The molecule has 0 saturated heterocycles. The van der Waals surface area contributed by atoms with Gasteiger partial charge in [0.1, 0.15) is 11.5 Å². The standard InChI is InChI=1S/C15H11ClO3/c16-12-4-2-6-14(10-12)19-13-5-1-3-11(9-13)7-8-15(17)18/h1-10H,(H,17,18)/b8-7+. The highest BCUT2D eigenvalue weighted by atomic mass is 35.5. The Kier molecular flexibility index (Phi) is 4.21. The van der Waals surface area contributed by atoms with E-state index in [-0.39, 0.29) is 0 Å². The molecule has 4 heteroatoms. The molecule has 0 radical (unpaired) electrons. The van der Waals surface area contributed by atoms with Gasteiger partial charge in [-0.2, -0.15) is 0 Å². The maximum absolute atomic E-state index is 10.5. The number of aliphatic carboxylic acids is 1. The summed E-state index contributed by atoms with van der Waals surface area (Å²) >= 11 is 5.87. The first kappa shape index (κ1) is 13.2. The van der Waals surface area contributed by atoms with E-state index in [0.29, 0.717) is 16.5 Å². The van der Waals surface area contributed by atoms with E-state index >= 15 is 0 Å². The number of carbonyl (C=O) groups is 1. The third kappa shape index (κ3) is 4.16. The number of carboxylic acids is 1. The van der Waals surface area contributed by atoms with Gasteiger partial charge in [0.2, 0.25) is 0 Å². The van der Waals surface area contributed by atoms with Crippen molar-refractivity contribution in [1.82, 2.24) is 0 Å². The number of benzene rings is 2. The average Bonchev–Trinajstić information content (AvgIpc) is 2.37. The first-order chi connectivity index (χ1) is 9.13. The van der Waals surface area contributed by atoms with Gasteiger partial charge in [-0.1, -0.05) is 29.8 Å². The summed E-state index contributed by atoms with van der Waals surface area (Å²) in [5.41, 5.74) is 0.752. The fourth-order valence-corrected chi connectivity index (χ4v) is 1.70. The fraction of sp³-hybridized carbons (Fsp3) is 0. The number of ether oxygens (including phenoxy) is 1. The lowest BCUT2D eigenvalue weighted by atomic mass is 10.2. The minimum atomic E-state index is -0.985. The fourth-order valence-electron chi connectivity index (χ4n) is 1.52. The highest BCUT2D eigenvalue weighted by Crippen LogP contribution is 2.24. The van der Waals surface area contributed by atoms with E-state index < -0.39 is 5.97 Å². The zero-order chi connectivity index (χ0) is 13.7. The van der Waals surface area contributed by atoms with Crippen LogP contribution < -0.4 is 4.74 Å². The van der Waals surface area contributed by atoms with Gasteiger partial charge in [0.25, 0.3) is 0 Å². The van der Waals surface area contributed by atoms with Crippen LogP contribution in [0, 0.1) is 0 Å². The van der Waals surface area contributed by atoms with Crippen molar-refractivity contribution in [2.24, 2.45) is 0 Å². The summed E-state index contributed by atoms with van der Waals surface area (Å²) in [5.74, 6) is 0.267. The predicted molar refractivity (Wildman–Crippen MR) is 74.6 cm³/mol. The second-order valence-corrected chi connectivity index (χ2v) is 4.24. The quantitative estimate of drug-likeness (QED) is 0.849. The summed E-state index contributed by atoms with van der Waals surface area (Å²) in [6.45, 7) is 0. The molecule has 0 aliphatic rings. The summed E-state index contributed by atoms with van der Waals surface area (Å²) in [6.07, 6.45) is 2.59. The molecule has 0 aromatic heterocycles. The molecule has 0 aliphatic carbocycles. The zero-order valence-electron chi connectivity index (χ0n) is 9.92. The topological polar surface area (TPSA) is 46.5 Å². The van der Waals surface area contributed by atoms with E-state index in [4.69, 9.17) is 21.4 Å². The van der Waals surface area contributed by atoms with Crippen LogP contribution in [0.1, 0.15) is 5.56 Å². The van der Waals surface area contributed by atoms with Crippen LogP contribution in [0.15, 0.2) is 54.6 Å². The molecular weight excluding hydrogens is 264 g/mol. The number of carboxylic acid groups (broad SMARTS) is 1. The molecule has 2 aromatic carbocycles. The van der Waals surface area contributed by atoms with Crippen LogP contribution in [0.3, 0.4) is 0 Å². The second kappa shape index (κ2) is 6.07. The predicted octanol–water partition coefficient (Wildman–Crippen LogP) is 4.23. The normalized spacial score (nSPS) is 10.6. The molecule has 0 amide bonds. The average molecular weight is 275 g/mol. The Morgan fingerprint density at radius 1 is 1.11 bits per heavy atom. The Hall–Kier alpha value is -2.26. The van der Waals surface area contributed by atoms with E-state index in [0.717, 1.165) is 11.6 Å². The van der Waals surface area contributed by atoms with Gasteiger partial charge in [0.05, 0.1) is 0 Å². The molecule has 0 aliphatic heterocycles. The van der Waals surface area contributed by atoms with Crippen molar-refractivity contribution >= 4 is 23.6 Å². The molecule has 0 atom stereocenters. The summed E-state index contributed by atoms with van der Waals surface area (Å²) in [6, 6.07) is 14.2. The van der Waals surface area contributed by atoms with Gasteiger partial charge in [-0.15, -0.1) is 0 Å². The molecule has 0 saturated carbocycles. The summed E-state index contributed by atoms with van der Waals surface area (Å²) in [7, 11) is 0. The van der Waals surface area contributed by atoms with Gasteiger partial charge in [0, 0.05) is 11.1 Å². The lowest BCUT2D eigenvalue weighted by Crippen LogP contribution is -1.87. The van der Waals surface area contributed by atoms with E-state index in [1.807, 2.05) is 0 Å². The monoisotopic (exact) mass is 274 g/mol. The van der Waals surface area contributed by atoms with Gasteiger partial charge >= 0.3 is 5.97 Å². The van der Waals surface area contributed by atoms with Gasteiger partial charge in [-0.3, -0.25) is 0 Å². The van der Waals surface area contributed by atoms with Crippen LogP contribution in [-0.4, -0.2) is 11.1 Å². The molecule has 3 nitrogen and oxygen atoms in total. The Bertz CT molecular complexity index is 620. The van der Waals surface area contributed by atoms with Crippen LogP contribution in [0.5, 0.6) is 11.5 Å². The largest absolute Gasteiger partial charge is 0.478 e. The summed E-state index contributed by atoms with van der Waals surface area (Å²) in [5, 5.41) is 9.17. The maximum atomic E-state index is 10.5. The van der Waals surface area contributed by atoms with E-state index in [1.54, 1.807) is 48.5 Å². The molecule has 2 aromatic rings. The van der Waals surface area contributed by atoms with Gasteiger partial charge in [0.15, 0.2) is 0 Å². The highest BCUT2D eigenvalue weighted by Gasteiger charge is 1.99. The highest BCUT2D eigenvalue weighted by molar-refractivity contribution is 6.30. The molecule has 19 heavy (non-hydrogen) atoms. The zero-order valence-corrected chi connectivity index (χ0v) is 10.7. The third-order valence-corrected chi connectivity index (χ3v) is 2.54. The minimum Gasteiger partial charge on any atom is -0.478 e. The minimum absolute atomic E-state index is 0.597. The SMILES string of the molecule is O=C(O)/C=C/c1cccc(Oc2cccc(Cl)c2)c1. The Morgan fingerprint density at radius 2 is 1.79 bits per heavy atom. The Morgan fingerprint density at radius 3 is 2.47 bits per heavy atom. The van der Waals surface area contributed by atoms with Crippen molar-refractivity contribution in [2.75, 3.05) is 0 Å². The number of halogens is 1. The van der Waals surface area contributed by atoms with Crippen LogP contribution in [0.2, 0.25) is 5.02 Å². The molecule has 0 bridgehead atoms. The molecule has 0 spiro atoms. The number of hydrogen-bond donors (Lipinski definition) is 1. The van der Waals surface area contributed by atoms with Crippen LogP contribution in [-0.2, 0) is 4.79 Å². The number of hydrogen-bond acceptors (Lipinski definition) is 2. The molecule has 0 unspecified atom stereocenters. The van der Waals surface area contributed by atoms with Crippen LogP contribution in [0.25, 0.3) is 6.08 Å². The van der Waals surface area contributed by atoms with Crippen molar-refractivity contribution in [3.63, 3.8) is 0 Å². The lowest BCUT2D eigenvalue weighted by molar-refractivity contribution is -0.131. The molecular formula is C15H11ClO3. The van der Waals surface area contributed by atoms with Gasteiger partial charge in [-0.25, -0.2) is 4.79 Å². The summed E-state index contributed by atoms with van der Waals surface area (Å²) in [4.78, 5) is 10.5. The van der Waals surface area contributed by atoms with Gasteiger partial charge < -0.3 is 9.84 Å². The second-order valence-electron chi connectivity index (χ2n) is 3.80. The van der Waals surface area contributed by atoms with Crippen molar-refractivity contribution in [1.29, 1.82) is 0 Å². The van der Waals surface area contributed by atoms with Crippen molar-refractivity contribution in [3.05, 3.63) is 65.2 Å². The summed E-state index contributed by atoms with van der Waals surface area (Å²) < 4.78 is 5.64. The Balaban J connectivity index is 2.17. The first-order valence-corrected chi connectivity index (χ1v) is 5.96. The van der Waals surface area contributed by atoms with E-state index in [9.17, 15) is 4.79 Å². The van der Waals surface area contributed by atoms with Crippen molar-refractivity contribution in [2.45, 2.75) is 0 Å². The molecule has 96 valence electrons. The Labute approximate surface area is 115 Å². The smallest absolute Gasteiger partial charge is 0.328 e. The van der Waals surface area contributed by atoms with Crippen LogP contribution in [0.4, 0.5) is 0 Å². The first-order valence-electron chi connectivity index (χ1n) is 5.58. The number of rotatable bonds is 4. The van der Waals surface area contributed by atoms with Crippen molar-refractivity contribution in [3.8, 4) is 11.5 Å².